The number of nitrogens with zero attached hydrogens (tertiary/aromatic N) is 4. The minimum atomic E-state index is -0.284. The number of hydrogen-bond acceptors (Lipinski definition) is 8. The molecule has 1 aromatic heterocycles. The zero-order chi connectivity index (χ0) is 25.1. The van der Waals surface area contributed by atoms with Crippen LogP contribution in [0.25, 0.3) is 0 Å². The summed E-state index contributed by atoms with van der Waals surface area (Å²) < 4.78 is 17.4. The molecule has 10 heteroatoms. The number of nitriles is 1. The molecule has 2 fully saturated rings. The average Bonchev–Trinajstić information content (AvgIpc) is 3.57. The minimum Gasteiger partial charge on any atom is -0.488 e. The van der Waals surface area contributed by atoms with E-state index in [9.17, 15) is 14.9 Å². The van der Waals surface area contributed by atoms with Crippen molar-refractivity contribution in [1.82, 2.24) is 15.2 Å². The molecular weight excluding hydrogens is 462 g/mol. The van der Waals surface area contributed by atoms with E-state index in [1.165, 1.54) is 7.11 Å². The van der Waals surface area contributed by atoms with E-state index in [2.05, 4.69) is 22.4 Å². The van der Waals surface area contributed by atoms with E-state index in [1.54, 1.807) is 29.6 Å². The fourth-order valence-electron chi connectivity index (χ4n) is 4.74. The lowest BCUT2D eigenvalue weighted by Crippen LogP contribution is -2.36. The Bertz CT molecular complexity index is 1230. The highest BCUT2D eigenvalue weighted by molar-refractivity contribution is 5.89. The number of ether oxygens (including phenoxy) is 3. The molecule has 1 aliphatic carbocycles. The van der Waals surface area contributed by atoms with E-state index >= 15 is 0 Å². The number of pyridine rings is 1. The lowest BCUT2D eigenvalue weighted by Gasteiger charge is -2.26. The molecule has 2 atom stereocenters. The summed E-state index contributed by atoms with van der Waals surface area (Å²) in [6.45, 7) is 1.52. The standard InChI is InChI=1S/C26H27N5O5/c1-34-25-17(12-27)10-19(14-29-25)30-8-9-35-23(16-30)21-4-2-3-5-22(21)36-20-6-7-31(15-20)26(33)18-11-24(32)28-13-18/h3,5,8-10,14,16,18,20H,2,4,6-7,11,13,15H2,1H3,(H,28,32)/t18?,20-/m0/s1. The molecule has 0 saturated carbocycles. The number of amides is 2. The van der Waals surface area contributed by atoms with Crippen LogP contribution < -0.4 is 15.0 Å². The lowest BCUT2D eigenvalue weighted by atomic mass is 10.0. The molecule has 186 valence electrons. The summed E-state index contributed by atoms with van der Waals surface area (Å²) in [5.74, 6) is 1.31. The maximum atomic E-state index is 12.8. The number of aromatic nitrogens is 1. The summed E-state index contributed by atoms with van der Waals surface area (Å²) >= 11 is 0. The first-order valence-corrected chi connectivity index (χ1v) is 12.0. The van der Waals surface area contributed by atoms with Crippen molar-refractivity contribution in [2.45, 2.75) is 31.8 Å². The van der Waals surface area contributed by atoms with Crippen LogP contribution >= 0.6 is 0 Å². The Kier molecular flexibility index (Phi) is 6.62. The van der Waals surface area contributed by atoms with Gasteiger partial charge in [0.25, 0.3) is 0 Å². The fraction of sp³-hybridized carbons (Fsp3) is 0.385. The van der Waals surface area contributed by atoms with Gasteiger partial charge in [-0.1, -0.05) is 6.08 Å². The summed E-state index contributed by atoms with van der Waals surface area (Å²) in [6.07, 6.45) is 13.3. The topological polar surface area (TPSA) is 117 Å². The first-order valence-electron chi connectivity index (χ1n) is 12.0. The molecule has 10 nitrogen and oxygen atoms in total. The Morgan fingerprint density at radius 3 is 3.06 bits per heavy atom. The van der Waals surface area contributed by atoms with Gasteiger partial charge in [-0.3, -0.25) is 9.59 Å². The molecule has 2 saturated heterocycles. The molecule has 5 rings (SSSR count). The van der Waals surface area contributed by atoms with Crippen LogP contribution in [0.1, 0.15) is 31.2 Å². The van der Waals surface area contributed by atoms with Gasteiger partial charge in [-0.25, -0.2) is 4.98 Å². The van der Waals surface area contributed by atoms with Gasteiger partial charge in [0.05, 0.1) is 37.7 Å². The van der Waals surface area contributed by atoms with E-state index < -0.39 is 0 Å². The molecule has 0 radical (unpaired) electrons. The second kappa shape index (κ2) is 10.2. The Morgan fingerprint density at radius 1 is 1.39 bits per heavy atom. The molecule has 2 amide bonds. The highest BCUT2D eigenvalue weighted by Gasteiger charge is 2.36. The molecule has 4 aliphatic rings. The fourth-order valence-corrected chi connectivity index (χ4v) is 4.74. The monoisotopic (exact) mass is 489 g/mol. The maximum Gasteiger partial charge on any atom is 0.231 e. The predicted octanol–water partition coefficient (Wildman–Crippen LogP) is 2.47. The van der Waals surface area contributed by atoms with Gasteiger partial charge in [0.1, 0.15) is 35.5 Å². The zero-order valence-corrected chi connectivity index (χ0v) is 20.0. The Hall–Kier alpha value is -4.26. The first kappa shape index (κ1) is 23.5. The van der Waals surface area contributed by atoms with Gasteiger partial charge >= 0.3 is 0 Å². The SMILES string of the molecule is COc1ncc(N2C=COC(C3=C(O[C@H]4CCN(C(=O)C5CNC(=O)C5)C4)C=CCC3)=C2)cc1C#N. The van der Waals surface area contributed by atoms with E-state index in [0.29, 0.717) is 36.6 Å². The minimum absolute atomic E-state index is 0.0109. The highest BCUT2D eigenvalue weighted by atomic mass is 16.5. The third kappa shape index (κ3) is 4.77. The number of hydrogen-bond donors (Lipinski definition) is 1. The van der Waals surface area contributed by atoms with Crippen molar-refractivity contribution in [2.75, 3.05) is 31.6 Å². The molecule has 4 heterocycles. The number of rotatable bonds is 6. The van der Waals surface area contributed by atoms with Crippen molar-refractivity contribution >= 4 is 17.5 Å². The van der Waals surface area contributed by atoms with Crippen LogP contribution in [-0.4, -0.2) is 54.5 Å². The third-order valence-electron chi connectivity index (χ3n) is 6.62. The van der Waals surface area contributed by atoms with Gasteiger partial charge < -0.3 is 29.3 Å². The average molecular weight is 490 g/mol. The third-order valence-corrected chi connectivity index (χ3v) is 6.62. The van der Waals surface area contributed by atoms with Crippen molar-refractivity contribution in [2.24, 2.45) is 5.92 Å². The van der Waals surface area contributed by atoms with E-state index in [0.717, 1.165) is 30.6 Å². The first-order chi connectivity index (χ1) is 17.6. The second-order valence-corrected chi connectivity index (χ2v) is 8.97. The van der Waals surface area contributed by atoms with Crippen LogP contribution in [0.15, 0.2) is 60.2 Å². The van der Waals surface area contributed by atoms with Gasteiger partial charge in [-0.05, 0) is 25.0 Å². The summed E-state index contributed by atoms with van der Waals surface area (Å²) in [7, 11) is 1.48. The number of methoxy groups -OCH3 is 1. The molecule has 0 bridgehead atoms. The maximum absolute atomic E-state index is 12.8. The molecule has 1 aromatic rings. The van der Waals surface area contributed by atoms with Crippen molar-refractivity contribution in [1.29, 1.82) is 5.26 Å². The Balaban J connectivity index is 1.31. The van der Waals surface area contributed by atoms with Gasteiger partial charge in [-0.2, -0.15) is 5.26 Å². The predicted molar refractivity (Wildman–Crippen MR) is 129 cm³/mol. The molecule has 36 heavy (non-hydrogen) atoms. The smallest absolute Gasteiger partial charge is 0.231 e. The van der Waals surface area contributed by atoms with E-state index in [1.807, 2.05) is 17.2 Å². The van der Waals surface area contributed by atoms with E-state index in [4.69, 9.17) is 14.2 Å². The molecule has 3 aliphatic heterocycles. The molecule has 1 unspecified atom stereocenters. The molecule has 1 N–H and O–H groups in total. The Morgan fingerprint density at radius 2 is 2.28 bits per heavy atom. The van der Waals surface area contributed by atoms with Gasteiger partial charge in [-0.15, -0.1) is 0 Å². The Labute approximate surface area is 209 Å². The largest absolute Gasteiger partial charge is 0.488 e. The number of carbonyl (C=O) groups is 2. The number of likely N-dealkylation sites (tertiary alicyclic amines) is 1. The van der Waals surface area contributed by atoms with Crippen LogP contribution in [0.4, 0.5) is 5.69 Å². The van der Waals surface area contributed by atoms with Crippen LogP contribution in [0.3, 0.4) is 0 Å². The van der Waals surface area contributed by atoms with Crippen molar-refractivity contribution in [3.63, 3.8) is 0 Å². The summed E-state index contributed by atoms with van der Waals surface area (Å²) in [6, 6.07) is 3.81. The molecule has 0 spiro atoms. The van der Waals surface area contributed by atoms with Crippen molar-refractivity contribution in [3.8, 4) is 11.9 Å². The van der Waals surface area contributed by atoms with Crippen LogP contribution in [0.5, 0.6) is 5.88 Å². The number of allylic oxidation sites excluding steroid dienone is 3. The van der Waals surface area contributed by atoms with Gasteiger partial charge in [0.15, 0.2) is 0 Å². The second-order valence-electron chi connectivity index (χ2n) is 8.97. The molecular formula is C26H27N5O5. The number of nitrogens with one attached hydrogen (secondary N) is 1. The zero-order valence-electron chi connectivity index (χ0n) is 20.0. The van der Waals surface area contributed by atoms with Gasteiger partial charge in [0.2, 0.25) is 17.7 Å². The van der Waals surface area contributed by atoms with Crippen LogP contribution in [-0.2, 0) is 19.1 Å². The van der Waals surface area contributed by atoms with E-state index in [-0.39, 0.29) is 36.1 Å². The summed E-state index contributed by atoms with van der Waals surface area (Å²) in [5, 5.41) is 12.1. The summed E-state index contributed by atoms with van der Waals surface area (Å²) in [4.78, 5) is 32.1. The quantitative estimate of drug-likeness (QED) is 0.648. The van der Waals surface area contributed by atoms with Crippen molar-refractivity contribution < 1.29 is 23.8 Å². The number of carbonyl (C=O) groups excluding carboxylic acids is 2. The molecule has 0 aromatic carbocycles. The normalized spacial score (nSPS) is 23.2. The van der Waals surface area contributed by atoms with Gasteiger partial charge in [0, 0.05) is 37.7 Å². The summed E-state index contributed by atoms with van der Waals surface area (Å²) in [5.41, 5.74) is 1.97. The van der Waals surface area contributed by atoms with Crippen LogP contribution in [0, 0.1) is 17.2 Å². The number of anilines is 1. The van der Waals surface area contributed by atoms with Crippen LogP contribution in [0.2, 0.25) is 0 Å². The lowest BCUT2D eigenvalue weighted by molar-refractivity contribution is -0.135. The van der Waals surface area contributed by atoms with Crippen molar-refractivity contribution in [3.05, 3.63) is 65.7 Å². The highest BCUT2D eigenvalue weighted by Crippen LogP contribution is 2.33.